The van der Waals surface area contributed by atoms with Crippen LogP contribution in [0.25, 0.3) is 0 Å². The average molecular weight is 269 g/mol. The Labute approximate surface area is 118 Å². The maximum Gasteiger partial charge on any atom is 0.0838 e. The van der Waals surface area contributed by atoms with Crippen molar-refractivity contribution in [1.29, 1.82) is 0 Å². The van der Waals surface area contributed by atoms with Crippen molar-refractivity contribution in [3.63, 3.8) is 0 Å². The topological polar surface area (TPSA) is 30.5 Å². The van der Waals surface area contributed by atoms with Gasteiger partial charge >= 0.3 is 0 Å². The zero-order valence-corrected chi connectivity index (χ0v) is 12.7. The lowest BCUT2D eigenvalue weighted by Gasteiger charge is -2.45. The summed E-state index contributed by atoms with van der Waals surface area (Å²) in [5.41, 5.74) is 0.0470. The Balaban J connectivity index is 2.12. The van der Waals surface area contributed by atoms with E-state index in [-0.39, 0.29) is 5.60 Å². The summed E-state index contributed by atoms with van der Waals surface area (Å²) in [5, 5.41) is 3.59. The fourth-order valence-corrected chi connectivity index (χ4v) is 4.12. The van der Waals surface area contributed by atoms with E-state index in [0.717, 1.165) is 19.8 Å². The summed E-state index contributed by atoms with van der Waals surface area (Å²) in [6.45, 7) is 4.80. The Bertz CT molecular complexity index is 243. The Hall–Kier alpha value is -0.120. The van der Waals surface area contributed by atoms with E-state index in [1.54, 1.807) is 0 Å². The monoisotopic (exact) mass is 269 g/mol. The third kappa shape index (κ3) is 3.71. The predicted octanol–water partition coefficient (Wildman–Crippen LogP) is 3.13. The Morgan fingerprint density at radius 1 is 1.21 bits per heavy atom. The van der Waals surface area contributed by atoms with E-state index in [4.69, 9.17) is 9.47 Å². The number of hydrogen-bond donors (Lipinski definition) is 1. The molecule has 0 aromatic carbocycles. The molecule has 0 aromatic rings. The van der Waals surface area contributed by atoms with E-state index in [1.807, 2.05) is 0 Å². The van der Waals surface area contributed by atoms with E-state index in [1.165, 1.54) is 51.4 Å². The first kappa shape index (κ1) is 15.3. The van der Waals surface area contributed by atoms with E-state index in [0.29, 0.717) is 12.0 Å². The number of rotatable bonds is 5. The SMILES string of the molecule is CCOC1(C(NC)C2CCCOC2)CCCCCC1. The lowest BCUT2D eigenvalue weighted by Crippen LogP contribution is -2.56. The molecule has 2 atom stereocenters. The standard InChI is InChI=1S/C16H31NO2/c1-3-19-16(10-6-4-5-7-11-16)15(17-2)14-9-8-12-18-13-14/h14-15,17H,3-13H2,1-2H3. The van der Waals surface area contributed by atoms with Gasteiger partial charge in [-0.05, 0) is 39.7 Å². The van der Waals surface area contributed by atoms with Gasteiger partial charge in [0.2, 0.25) is 0 Å². The van der Waals surface area contributed by atoms with Crippen LogP contribution in [-0.2, 0) is 9.47 Å². The van der Waals surface area contributed by atoms with E-state index < -0.39 is 0 Å². The third-order valence-electron chi connectivity index (χ3n) is 4.93. The predicted molar refractivity (Wildman–Crippen MR) is 78.4 cm³/mol. The summed E-state index contributed by atoms with van der Waals surface area (Å²) >= 11 is 0. The van der Waals surface area contributed by atoms with Crippen molar-refractivity contribution in [2.45, 2.75) is 69.9 Å². The molecular weight excluding hydrogens is 238 g/mol. The molecule has 1 aliphatic carbocycles. The summed E-state index contributed by atoms with van der Waals surface area (Å²) in [5.74, 6) is 0.614. The number of hydrogen-bond acceptors (Lipinski definition) is 3. The smallest absolute Gasteiger partial charge is 0.0838 e. The molecule has 0 amide bonds. The van der Waals surface area contributed by atoms with Crippen molar-refractivity contribution < 1.29 is 9.47 Å². The fourth-order valence-electron chi connectivity index (χ4n) is 4.12. The maximum atomic E-state index is 6.34. The van der Waals surface area contributed by atoms with Crippen LogP contribution in [0.2, 0.25) is 0 Å². The molecule has 0 spiro atoms. The van der Waals surface area contributed by atoms with Crippen LogP contribution in [0.1, 0.15) is 58.3 Å². The second-order valence-corrected chi connectivity index (χ2v) is 6.16. The van der Waals surface area contributed by atoms with Crippen LogP contribution < -0.4 is 5.32 Å². The van der Waals surface area contributed by atoms with Crippen LogP contribution in [0, 0.1) is 5.92 Å². The quantitative estimate of drug-likeness (QED) is 0.778. The molecule has 3 heteroatoms. The number of nitrogens with one attached hydrogen (secondary N) is 1. The molecule has 1 N–H and O–H groups in total. The Morgan fingerprint density at radius 2 is 1.95 bits per heavy atom. The zero-order chi connectivity index (χ0) is 13.6. The highest BCUT2D eigenvalue weighted by Crippen LogP contribution is 2.38. The minimum absolute atomic E-state index is 0.0470. The lowest BCUT2D eigenvalue weighted by atomic mass is 9.77. The third-order valence-corrected chi connectivity index (χ3v) is 4.93. The lowest BCUT2D eigenvalue weighted by molar-refractivity contribution is -0.103. The molecule has 0 bridgehead atoms. The molecule has 1 saturated heterocycles. The van der Waals surface area contributed by atoms with Crippen LogP contribution in [0.4, 0.5) is 0 Å². The fraction of sp³-hybridized carbons (Fsp3) is 1.00. The summed E-state index contributed by atoms with van der Waals surface area (Å²) in [7, 11) is 2.10. The molecular formula is C16H31NO2. The highest BCUT2D eigenvalue weighted by molar-refractivity contribution is 4.98. The van der Waals surface area contributed by atoms with Crippen molar-refractivity contribution in [1.82, 2.24) is 5.32 Å². The number of likely N-dealkylation sites (N-methyl/N-ethyl adjacent to an activating group) is 1. The van der Waals surface area contributed by atoms with Crippen LogP contribution in [0.15, 0.2) is 0 Å². The average Bonchev–Trinajstić information content (AvgIpc) is 2.68. The van der Waals surface area contributed by atoms with Gasteiger partial charge in [-0.3, -0.25) is 0 Å². The molecule has 1 heterocycles. The largest absolute Gasteiger partial charge is 0.381 e. The van der Waals surface area contributed by atoms with Crippen molar-refractivity contribution >= 4 is 0 Å². The Morgan fingerprint density at radius 3 is 2.47 bits per heavy atom. The second kappa shape index (κ2) is 7.61. The summed E-state index contributed by atoms with van der Waals surface area (Å²) in [6, 6.07) is 0.450. The van der Waals surface area contributed by atoms with Gasteiger partial charge in [0, 0.05) is 25.2 Å². The van der Waals surface area contributed by atoms with Gasteiger partial charge in [-0.2, -0.15) is 0 Å². The number of ether oxygens (including phenoxy) is 2. The first-order chi connectivity index (χ1) is 9.32. The first-order valence-corrected chi connectivity index (χ1v) is 8.21. The molecule has 3 nitrogen and oxygen atoms in total. The highest BCUT2D eigenvalue weighted by atomic mass is 16.5. The van der Waals surface area contributed by atoms with Gasteiger partial charge in [-0.15, -0.1) is 0 Å². The molecule has 0 aromatic heterocycles. The van der Waals surface area contributed by atoms with Crippen molar-refractivity contribution in [2.24, 2.45) is 5.92 Å². The molecule has 19 heavy (non-hydrogen) atoms. The van der Waals surface area contributed by atoms with Gasteiger partial charge in [0.25, 0.3) is 0 Å². The van der Waals surface area contributed by atoms with Crippen molar-refractivity contribution in [2.75, 3.05) is 26.9 Å². The minimum Gasteiger partial charge on any atom is -0.381 e. The van der Waals surface area contributed by atoms with Crippen LogP contribution >= 0.6 is 0 Å². The van der Waals surface area contributed by atoms with Crippen LogP contribution in [0.3, 0.4) is 0 Å². The molecule has 2 aliphatic rings. The van der Waals surface area contributed by atoms with E-state index in [2.05, 4.69) is 19.3 Å². The Kier molecular flexibility index (Phi) is 6.11. The van der Waals surface area contributed by atoms with Gasteiger partial charge in [-0.25, -0.2) is 0 Å². The molecule has 2 unspecified atom stereocenters. The summed E-state index contributed by atoms with van der Waals surface area (Å²) in [6.07, 6.45) is 10.3. The minimum atomic E-state index is 0.0470. The van der Waals surface area contributed by atoms with Gasteiger partial charge < -0.3 is 14.8 Å². The van der Waals surface area contributed by atoms with E-state index >= 15 is 0 Å². The molecule has 1 saturated carbocycles. The second-order valence-electron chi connectivity index (χ2n) is 6.16. The molecule has 2 rings (SSSR count). The normalized spacial score (nSPS) is 29.7. The first-order valence-electron chi connectivity index (χ1n) is 8.21. The molecule has 2 fully saturated rings. The summed E-state index contributed by atoms with van der Waals surface area (Å²) in [4.78, 5) is 0. The van der Waals surface area contributed by atoms with Crippen LogP contribution in [0.5, 0.6) is 0 Å². The zero-order valence-electron chi connectivity index (χ0n) is 12.7. The van der Waals surface area contributed by atoms with Gasteiger partial charge in [0.15, 0.2) is 0 Å². The van der Waals surface area contributed by atoms with Crippen molar-refractivity contribution in [3.8, 4) is 0 Å². The molecule has 1 aliphatic heterocycles. The van der Waals surface area contributed by atoms with Gasteiger partial charge in [0.05, 0.1) is 12.2 Å². The highest BCUT2D eigenvalue weighted by Gasteiger charge is 2.43. The molecule has 0 radical (unpaired) electrons. The molecule has 112 valence electrons. The van der Waals surface area contributed by atoms with E-state index in [9.17, 15) is 0 Å². The van der Waals surface area contributed by atoms with Crippen molar-refractivity contribution in [3.05, 3.63) is 0 Å². The van der Waals surface area contributed by atoms with Gasteiger partial charge in [-0.1, -0.05) is 25.7 Å². The maximum absolute atomic E-state index is 6.34. The van der Waals surface area contributed by atoms with Crippen LogP contribution in [-0.4, -0.2) is 38.5 Å². The summed E-state index contributed by atoms with van der Waals surface area (Å²) < 4.78 is 12.1. The van der Waals surface area contributed by atoms with Gasteiger partial charge in [0.1, 0.15) is 0 Å².